The van der Waals surface area contributed by atoms with E-state index in [0.717, 1.165) is 35.5 Å². The van der Waals surface area contributed by atoms with Crippen LogP contribution in [0.5, 0.6) is 0 Å². The highest BCUT2D eigenvalue weighted by Crippen LogP contribution is 2.44. The minimum atomic E-state index is -0.102. The third-order valence-electron chi connectivity index (χ3n) is 6.18. The van der Waals surface area contributed by atoms with Gasteiger partial charge in [0.05, 0.1) is 37.2 Å². The van der Waals surface area contributed by atoms with Crippen LogP contribution in [0, 0.1) is 5.41 Å². The van der Waals surface area contributed by atoms with Gasteiger partial charge in [0.2, 0.25) is 5.91 Å². The van der Waals surface area contributed by atoms with Crippen LogP contribution in [0.1, 0.15) is 40.0 Å². The number of ether oxygens (including phenoxy) is 1. The number of hydrogen-bond donors (Lipinski definition) is 1. The van der Waals surface area contributed by atoms with Crippen molar-refractivity contribution in [1.82, 2.24) is 4.90 Å². The molecule has 1 amide bonds. The summed E-state index contributed by atoms with van der Waals surface area (Å²) in [4.78, 5) is 30.3. The van der Waals surface area contributed by atoms with E-state index in [4.69, 9.17) is 4.74 Å². The van der Waals surface area contributed by atoms with Gasteiger partial charge in [-0.15, -0.1) is 0 Å². The van der Waals surface area contributed by atoms with Crippen LogP contribution in [0.2, 0.25) is 0 Å². The highest BCUT2D eigenvalue weighted by atomic mass is 16.5. The maximum atomic E-state index is 13.2. The van der Waals surface area contributed by atoms with Gasteiger partial charge in [-0.1, -0.05) is 32.9 Å². The molecule has 0 spiro atoms. The Morgan fingerprint density at radius 1 is 1.21 bits per heavy atom. The lowest BCUT2D eigenvalue weighted by Crippen LogP contribution is -2.49. The Bertz CT molecular complexity index is 840. The summed E-state index contributed by atoms with van der Waals surface area (Å²) in [5, 5.41) is 3.57. The first-order chi connectivity index (χ1) is 13.9. The topological polar surface area (TPSA) is 61.9 Å². The minimum absolute atomic E-state index is 0.0606. The number of carbonyl (C=O) groups is 2. The number of nitrogens with one attached hydrogen (secondary N) is 1. The first-order valence-electron chi connectivity index (χ1n) is 10.6. The molecule has 0 radical (unpaired) electrons. The molecule has 6 nitrogen and oxygen atoms in total. The lowest BCUT2D eigenvalue weighted by atomic mass is 9.74. The van der Waals surface area contributed by atoms with Crippen molar-refractivity contribution in [3.05, 3.63) is 35.5 Å². The number of rotatable bonds is 3. The van der Waals surface area contributed by atoms with E-state index in [1.807, 2.05) is 29.2 Å². The lowest BCUT2D eigenvalue weighted by Gasteiger charge is -2.38. The maximum Gasteiger partial charge on any atom is 0.242 e. The Morgan fingerprint density at radius 3 is 2.66 bits per heavy atom. The second kappa shape index (κ2) is 7.82. The number of benzene rings is 1. The number of fused-ring (bicyclic) bond motifs is 1. The van der Waals surface area contributed by atoms with E-state index in [1.54, 1.807) is 0 Å². The number of carbonyl (C=O) groups excluding carboxylic acids is 2. The Labute approximate surface area is 172 Å². The van der Waals surface area contributed by atoms with Crippen LogP contribution in [0.15, 0.2) is 35.5 Å². The Morgan fingerprint density at radius 2 is 1.93 bits per heavy atom. The molecule has 1 fully saturated rings. The quantitative estimate of drug-likeness (QED) is 0.849. The van der Waals surface area contributed by atoms with Crippen LogP contribution in [-0.2, 0) is 14.3 Å². The number of nitrogens with zero attached hydrogens (tertiary/aromatic N) is 2. The molecule has 1 aliphatic carbocycles. The van der Waals surface area contributed by atoms with Gasteiger partial charge >= 0.3 is 0 Å². The standard InChI is InChI=1S/C23H31N3O3/c1-4-18-22-17(13-23(2,3)14-20(22)27)24-16-7-5-6-8-19(16)26(18)15-21(28)25-9-11-29-12-10-25/h5-8,18,24H,4,9-15H2,1-3H3/t18-/m0/s1. The van der Waals surface area contributed by atoms with Crippen molar-refractivity contribution in [2.45, 2.75) is 46.1 Å². The number of anilines is 2. The Hall–Kier alpha value is -2.34. The zero-order valence-corrected chi connectivity index (χ0v) is 17.7. The SMILES string of the molecule is CC[C@H]1C2=C(CC(C)(C)CC2=O)Nc2ccccc2N1CC(=O)N1CCOCC1. The van der Waals surface area contributed by atoms with Crippen molar-refractivity contribution in [2.75, 3.05) is 43.1 Å². The Balaban J connectivity index is 1.73. The zero-order valence-electron chi connectivity index (χ0n) is 17.7. The lowest BCUT2D eigenvalue weighted by molar-refractivity contribution is -0.133. The van der Waals surface area contributed by atoms with E-state index < -0.39 is 0 Å². The van der Waals surface area contributed by atoms with Crippen LogP contribution < -0.4 is 10.2 Å². The molecule has 29 heavy (non-hydrogen) atoms. The van der Waals surface area contributed by atoms with Gasteiger partial charge in [0.1, 0.15) is 0 Å². The van der Waals surface area contributed by atoms with E-state index in [1.165, 1.54) is 0 Å². The molecule has 2 heterocycles. The summed E-state index contributed by atoms with van der Waals surface area (Å²) < 4.78 is 5.39. The summed E-state index contributed by atoms with van der Waals surface area (Å²) in [6, 6.07) is 7.97. The molecule has 156 valence electrons. The molecule has 0 saturated carbocycles. The summed E-state index contributed by atoms with van der Waals surface area (Å²) in [6.45, 7) is 9.09. The van der Waals surface area contributed by atoms with Crippen LogP contribution in [-0.4, -0.2) is 55.5 Å². The van der Waals surface area contributed by atoms with Crippen LogP contribution in [0.25, 0.3) is 0 Å². The van der Waals surface area contributed by atoms with Gasteiger partial charge in [-0.2, -0.15) is 0 Å². The van der Waals surface area contributed by atoms with E-state index >= 15 is 0 Å². The van der Waals surface area contributed by atoms with Gasteiger partial charge in [-0.05, 0) is 30.4 Å². The number of allylic oxidation sites excluding steroid dienone is 1. The molecule has 1 N–H and O–H groups in total. The molecule has 1 atom stereocenters. The first-order valence-corrected chi connectivity index (χ1v) is 10.6. The number of Topliss-reactive ketones (excluding diaryl/α,β-unsaturated/α-hetero) is 1. The van der Waals surface area contributed by atoms with Crippen molar-refractivity contribution >= 4 is 23.1 Å². The second-order valence-corrected chi connectivity index (χ2v) is 9.02. The highest BCUT2D eigenvalue weighted by molar-refractivity contribution is 6.01. The molecule has 0 aromatic heterocycles. The third-order valence-corrected chi connectivity index (χ3v) is 6.18. The monoisotopic (exact) mass is 397 g/mol. The number of amides is 1. The third kappa shape index (κ3) is 3.90. The molecule has 2 aliphatic heterocycles. The molecule has 0 bridgehead atoms. The number of morpholine rings is 1. The van der Waals surface area contributed by atoms with Crippen LogP contribution in [0.3, 0.4) is 0 Å². The van der Waals surface area contributed by atoms with E-state index in [9.17, 15) is 9.59 Å². The molecule has 0 unspecified atom stereocenters. The van der Waals surface area contributed by atoms with Crippen molar-refractivity contribution in [2.24, 2.45) is 5.41 Å². The molecule has 1 aromatic rings. The summed E-state index contributed by atoms with van der Waals surface area (Å²) >= 11 is 0. The van der Waals surface area contributed by atoms with E-state index in [-0.39, 0.29) is 29.7 Å². The summed E-state index contributed by atoms with van der Waals surface area (Å²) in [5.74, 6) is 0.293. The second-order valence-electron chi connectivity index (χ2n) is 9.02. The normalized spacial score (nSPS) is 23.8. The predicted octanol–water partition coefficient (Wildman–Crippen LogP) is 3.20. The molecule has 3 aliphatic rings. The van der Waals surface area contributed by atoms with Crippen LogP contribution in [0.4, 0.5) is 11.4 Å². The molecule has 4 rings (SSSR count). The molecule has 1 saturated heterocycles. The van der Waals surface area contributed by atoms with E-state index in [2.05, 4.69) is 31.0 Å². The smallest absolute Gasteiger partial charge is 0.242 e. The zero-order chi connectivity index (χ0) is 20.6. The maximum absolute atomic E-state index is 13.2. The van der Waals surface area contributed by atoms with Gasteiger partial charge in [-0.25, -0.2) is 0 Å². The number of hydrogen-bond acceptors (Lipinski definition) is 5. The van der Waals surface area contributed by atoms with Crippen molar-refractivity contribution in [3.63, 3.8) is 0 Å². The van der Waals surface area contributed by atoms with Gasteiger partial charge in [0.15, 0.2) is 5.78 Å². The predicted molar refractivity (Wildman–Crippen MR) is 114 cm³/mol. The van der Waals surface area contributed by atoms with E-state index in [0.29, 0.717) is 32.7 Å². The largest absolute Gasteiger partial charge is 0.378 e. The van der Waals surface area contributed by atoms with Gasteiger partial charge in [-0.3, -0.25) is 9.59 Å². The minimum Gasteiger partial charge on any atom is -0.378 e. The van der Waals surface area contributed by atoms with Crippen LogP contribution >= 0.6 is 0 Å². The van der Waals surface area contributed by atoms with Crippen molar-refractivity contribution < 1.29 is 14.3 Å². The van der Waals surface area contributed by atoms with Gasteiger partial charge < -0.3 is 19.9 Å². The highest BCUT2D eigenvalue weighted by Gasteiger charge is 2.40. The average molecular weight is 398 g/mol. The molecular weight excluding hydrogens is 366 g/mol. The van der Waals surface area contributed by atoms with Gasteiger partial charge in [0, 0.05) is 30.8 Å². The fourth-order valence-electron chi connectivity index (χ4n) is 4.83. The summed E-state index contributed by atoms with van der Waals surface area (Å²) in [6.07, 6.45) is 2.16. The molecule has 1 aromatic carbocycles. The van der Waals surface area contributed by atoms with Crippen molar-refractivity contribution in [3.8, 4) is 0 Å². The number of ketones is 1. The fraction of sp³-hybridized carbons (Fsp3) is 0.565. The van der Waals surface area contributed by atoms with Crippen molar-refractivity contribution in [1.29, 1.82) is 0 Å². The summed E-state index contributed by atoms with van der Waals surface area (Å²) in [5.41, 5.74) is 3.77. The first kappa shape index (κ1) is 20.0. The molecular formula is C23H31N3O3. The average Bonchev–Trinajstić information content (AvgIpc) is 2.82. The summed E-state index contributed by atoms with van der Waals surface area (Å²) in [7, 11) is 0. The van der Waals surface area contributed by atoms with Gasteiger partial charge in [0.25, 0.3) is 0 Å². The fourth-order valence-corrected chi connectivity index (χ4v) is 4.83. The number of para-hydroxylation sites is 2. The Kier molecular flexibility index (Phi) is 5.38. The molecule has 6 heteroatoms.